The van der Waals surface area contributed by atoms with Gasteiger partial charge in [-0.3, -0.25) is 0 Å². The molecule has 1 unspecified atom stereocenters. The first kappa shape index (κ1) is 12.3. The van der Waals surface area contributed by atoms with Gasteiger partial charge in [0.25, 0.3) is 0 Å². The van der Waals surface area contributed by atoms with Crippen LogP contribution in [0.2, 0.25) is 0 Å². The number of nitrogens with two attached hydrogens (primary N) is 1. The van der Waals surface area contributed by atoms with Gasteiger partial charge >= 0.3 is 6.01 Å². The third-order valence-corrected chi connectivity index (χ3v) is 2.23. The second-order valence-electron chi connectivity index (χ2n) is 3.71. The highest BCUT2D eigenvalue weighted by atomic mass is 19.1. The van der Waals surface area contributed by atoms with Crippen LogP contribution in [0.5, 0.6) is 5.75 Å². The maximum absolute atomic E-state index is 13.2. The molecule has 0 fully saturated rings. The molecule has 3 N–H and O–H groups in total. The zero-order chi connectivity index (χ0) is 13.1. The number of ether oxygens (including phenoxy) is 1. The van der Waals surface area contributed by atoms with Crippen molar-refractivity contribution in [2.24, 2.45) is 5.73 Å². The van der Waals surface area contributed by atoms with E-state index in [2.05, 4.69) is 15.5 Å². The predicted molar refractivity (Wildman–Crippen MR) is 63.1 cm³/mol. The molecule has 1 atom stereocenters. The van der Waals surface area contributed by atoms with Gasteiger partial charge in [0.05, 0.1) is 13.2 Å². The Bertz CT molecular complexity index is 542. The lowest BCUT2D eigenvalue weighted by molar-refractivity contribution is 0.387. The van der Waals surface area contributed by atoms with Crippen molar-refractivity contribution in [1.82, 2.24) is 10.2 Å². The Hall–Kier alpha value is -2.15. The fourth-order valence-corrected chi connectivity index (χ4v) is 1.33. The predicted octanol–water partition coefficient (Wildman–Crippen LogP) is 1.98. The minimum absolute atomic E-state index is 0.131. The normalized spacial score (nSPS) is 12.2. The second kappa shape index (κ2) is 5.01. The number of nitrogens with one attached hydrogen (secondary N) is 1. The van der Waals surface area contributed by atoms with E-state index in [4.69, 9.17) is 14.9 Å². The Labute approximate surface area is 103 Å². The summed E-state index contributed by atoms with van der Waals surface area (Å²) in [6.07, 6.45) is 0. The summed E-state index contributed by atoms with van der Waals surface area (Å²) in [6, 6.07) is 4.16. The third-order valence-electron chi connectivity index (χ3n) is 2.23. The van der Waals surface area contributed by atoms with Crippen molar-refractivity contribution in [2.45, 2.75) is 13.0 Å². The van der Waals surface area contributed by atoms with Crippen molar-refractivity contribution in [3.8, 4) is 5.75 Å². The van der Waals surface area contributed by atoms with E-state index < -0.39 is 5.82 Å². The molecule has 1 aromatic carbocycles. The number of anilines is 2. The molecule has 0 saturated heterocycles. The van der Waals surface area contributed by atoms with Crippen LogP contribution < -0.4 is 15.8 Å². The Morgan fingerprint density at radius 1 is 1.44 bits per heavy atom. The number of hydrogen-bond donors (Lipinski definition) is 2. The minimum Gasteiger partial charge on any atom is -0.494 e. The van der Waals surface area contributed by atoms with Crippen LogP contribution in [-0.4, -0.2) is 17.3 Å². The highest BCUT2D eigenvalue weighted by Gasteiger charge is 2.10. The first-order valence-electron chi connectivity index (χ1n) is 5.29. The molecule has 7 heteroatoms. The Morgan fingerprint density at radius 3 is 2.83 bits per heavy atom. The van der Waals surface area contributed by atoms with Gasteiger partial charge in [-0.1, -0.05) is 5.10 Å². The zero-order valence-corrected chi connectivity index (χ0v) is 9.98. The number of hydrogen-bond acceptors (Lipinski definition) is 6. The molecule has 0 aliphatic carbocycles. The number of benzene rings is 1. The molecular weight excluding hydrogens is 239 g/mol. The molecule has 18 heavy (non-hydrogen) atoms. The first-order chi connectivity index (χ1) is 8.60. The number of aromatic nitrogens is 2. The Kier molecular flexibility index (Phi) is 3.42. The molecular formula is C11H13FN4O2. The molecule has 0 aliphatic heterocycles. The summed E-state index contributed by atoms with van der Waals surface area (Å²) in [4.78, 5) is 0. The van der Waals surface area contributed by atoms with E-state index in [1.807, 2.05) is 0 Å². The lowest BCUT2D eigenvalue weighted by atomic mass is 10.3. The fourth-order valence-electron chi connectivity index (χ4n) is 1.33. The molecule has 0 bridgehead atoms. The lowest BCUT2D eigenvalue weighted by Crippen LogP contribution is -2.04. The van der Waals surface area contributed by atoms with Crippen LogP contribution in [0, 0.1) is 5.82 Å². The monoisotopic (exact) mass is 252 g/mol. The summed E-state index contributed by atoms with van der Waals surface area (Å²) in [5, 5.41) is 10.4. The van der Waals surface area contributed by atoms with Gasteiger partial charge in [-0.2, -0.15) is 0 Å². The first-order valence-corrected chi connectivity index (χ1v) is 5.29. The number of rotatable bonds is 4. The quantitative estimate of drug-likeness (QED) is 0.865. The summed E-state index contributed by atoms with van der Waals surface area (Å²) in [5.74, 6) is 0.0170. The maximum atomic E-state index is 13.2. The average Bonchev–Trinajstić information content (AvgIpc) is 2.80. The Morgan fingerprint density at radius 2 is 2.22 bits per heavy atom. The van der Waals surface area contributed by atoms with Crippen LogP contribution in [0.3, 0.4) is 0 Å². The van der Waals surface area contributed by atoms with Crippen LogP contribution in [0.1, 0.15) is 18.9 Å². The molecule has 0 amide bonds. The van der Waals surface area contributed by atoms with Crippen molar-refractivity contribution < 1.29 is 13.5 Å². The topological polar surface area (TPSA) is 86.2 Å². The van der Waals surface area contributed by atoms with Gasteiger partial charge in [-0.25, -0.2) is 4.39 Å². The molecule has 2 rings (SSSR count). The smallest absolute Gasteiger partial charge is 0.320 e. The van der Waals surface area contributed by atoms with Crippen LogP contribution >= 0.6 is 0 Å². The van der Waals surface area contributed by atoms with E-state index in [1.165, 1.54) is 25.3 Å². The standard InChI is InChI=1S/C11H13FN4O2/c1-6(13)10-15-16-11(18-10)14-7-3-4-8(12)9(5-7)17-2/h3-6H,13H2,1-2H3,(H,14,16). The molecule has 1 aromatic heterocycles. The maximum Gasteiger partial charge on any atom is 0.320 e. The summed E-state index contributed by atoms with van der Waals surface area (Å²) < 4.78 is 23.3. The van der Waals surface area contributed by atoms with Crippen LogP contribution in [0.15, 0.2) is 22.6 Å². The number of methoxy groups -OCH3 is 1. The van der Waals surface area contributed by atoms with E-state index in [9.17, 15) is 4.39 Å². The molecule has 0 spiro atoms. The number of nitrogens with zero attached hydrogens (tertiary/aromatic N) is 2. The SMILES string of the molecule is COc1cc(Nc2nnc(C(C)N)o2)ccc1F. The second-order valence-corrected chi connectivity index (χ2v) is 3.71. The van der Waals surface area contributed by atoms with Gasteiger partial charge in [0.1, 0.15) is 0 Å². The lowest BCUT2D eigenvalue weighted by Gasteiger charge is -2.05. The van der Waals surface area contributed by atoms with E-state index in [-0.39, 0.29) is 17.8 Å². The van der Waals surface area contributed by atoms with Crippen molar-refractivity contribution in [3.63, 3.8) is 0 Å². The zero-order valence-electron chi connectivity index (χ0n) is 9.98. The van der Waals surface area contributed by atoms with Gasteiger partial charge in [0, 0.05) is 11.8 Å². The summed E-state index contributed by atoms with van der Waals surface area (Å²) >= 11 is 0. The molecule has 2 aromatic rings. The third kappa shape index (κ3) is 2.57. The van der Waals surface area contributed by atoms with E-state index in [1.54, 1.807) is 6.92 Å². The summed E-state index contributed by atoms with van der Waals surface area (Å²) in [6.45, 7) is 1.73. The van der Waals surface area contributed by atoms with Crippen molar-refractivity contribution in [2.75, 3.05) is 12.4 Å². The highest BCUT2D eigenvalue weighted by molar-refractivity contribution is 5.55. The highest BCUT2D eigenvalue weighted by Crippen LogP contribution is 2.24. The van der Waals surface area contributed by atoms with Gasteiger partial charge in [0.15, 0.2) is 11.6 Å². The fraction of sp³-hybridized carbons (Fsp3) is 0.273. The summed E-state index contributed by atoms with van der Waals surface area (Å²) in [7, 11) is 1.39. The van der Waals surface area contributed by atoms with Crippen molar-refractivity contribution >= 4 is 11.7 Å². The molecule has 1 heterocycles. The van der Waals surface area contributed by atoms with Gasteiger partial charge in [0.2, 0.25) is 5.89 Å². The molecule has 0 radical (unpaired) electrons. The van der Waals surface area contributed by atoms with E-state index in [0.29, 0.717) is 11.6 Å². The van der Waals surface area contributed by atoms with Crippen LogP contribution in [-0.2, 0) is 0 Å². The van der Waals surface area contributed by atoms with Crippen molar-refractivity contribution in [1.29, 1.82) is 0 Å². The average molecular weight is 252 g/mol. The molecule has 96 valence electrons. The van der Waals surface area contributed by atoms with E-state index >= 15 is 0 Å². The molecule has 0 saturated carbocycles. The van der Waals surface area contributed by atoms with Crippen molar-refractivity contribution in [3.05, 3.63) is 29.9 Å². The van der Waals surface area contributed by atoms with Crippen LogP contribution in [0.4, 0.5) is 16.1 Å². The number of halogens is 1. The van der Waals surface area contributed by atoms with Crippen LogP contribution in [0.25, 0.3) is 0 Å². The van der Waals surface area contributed by atoms with Gasteiger partial charge < -0.3 is 20.2 Å². The van der Waals surface area contributed by atoms with Gasteiger partial charge in [-0.15, -0.1) is 5.10 Å². The largest absolute Gasteiger partial charge is 0.494 e. The minimum atomic E-state index is -0.440. The molecule has 0 aliphatic rings. The molecule has 6 nitrogen and oxygen atoms in total. The van der Waals surface area contributed by atoms with E-state index in [0.717, 1.165) is 0 Å². The Balaban J connectivity index is 2.17. The van der Waals surface area contributed by atoms with Gasteiger partial charge in [-0.05, 0) is 19.1 Å². The summed E-state index contributed by atoms with van der Waals surface area (Å²) in [5.41, 5.74) is 6.17.